The molecule has 0 amide bonds. The molecule has 166 valence electrons. The lowest BCUT2D eigenvalue weighted by molar-refractivity contribution is -0.00850. The number of hydrogen-bond donors (Lipinski definition) is 0. The predicted octanol–water partition coefficient (Wildman–Crippen LogP) is 7.49. The summed E-state index contributed by atoms with van der Waals surface area (Å²) in [6, 6.07) is 1.68. The van der Waals surface area contributed by atoms with E-state index in [1.165, 1.54) is 43.2 Å². The molecule has 0 saturated heterocycles. The average molecular weight is 422 g/mol. The third-order valence-corrected chi connectivity index (χ3v) is 9.28. The Morgan fingerprint density at radius 3 is 2.71 bits per heavy atom. The molecule has 4 aliphatic carbocycles. The number of hydrogen-bond acceptors (Lipinski definition) is 2. The molecule has 0 N–H and O–H groups in total. The molecule has 0 bridgehead atoms. The van der Waals surface area contributed by atoms with Crippen LogP contribution in [0.1, 0.15) is 78.2 Å². The highest BCUT2D eigenvalue weighted by atomic mass is 19.1. The minimum atomic E-state index is -0.232. The number of fused-ring (bicyclic) bond motifs is 5. The molecule has 1 aromatic heterocycles. The molecular formula is C28H36FNO. The van der Waals surface area contributed by atoms with Gasteiger partial charge >= 0.3 is 0 Å². The van der Waals surface area contributed by atoms with Crippen molar-refractivity contribution in [3.05, 3.63) is 58.9 Å². The first kappa shape index (κ1) is 21.0. The Hall–Kier alpha value is -1.90. The summed E-state index contributed by atoms with van der Waals surface area (Å²) in [6.07, 6.45) is 16.2. The topological polar surface area (TPSA) is 22.1 Å². The van der Waals surface area contributed by atoms with Gasteiger partial charge in [-0.15, -0.1) is 0 Å². The number of halogens is 1. The number of nitrogens with zero attached hydrogens (tertiary/aromatic N) is 1. The highest BCUT2D eigenvalue weighted by molar-refractivity contribution is 5.72. The van der Waals surface area contributed by atoms with Gasteiger partial charge in [0.2, 0.25) is 0 Å². The number of allylic oxidation sites excluding steroid dienone is 6. The zero-order valence-electron chi connectivity index (χ0n) is 19.5. The fraction of sp³-hybridized carbons (Fsp3) is 0.607. The molecule has 1 aromatic rings. The van der Waals surface area contributed by atoms with Gasteiger partial charge in [-0.1, -0.05) is 32.4 Å². The van der Waals surface area contributed by atoms with Crippen LogP contribution < -0.4 is 0 Å². The number of aromatic nitrogens is 1. The standard InChI is InChI=1S/C28H36FNO/c1-5-18-14-22-24-8-7-23(19-13-20(29)17-30-16-19)27(24,3)12-10-25(22)28(4)11-9-21(31-6-2)15-26(18)28/h7,13,15-17,22,24-25H,5-6,8-12,14H2,1-4H3/t22-,24-,25-,27+,28+/m0/s1. The van der Waals surface area contributed by atoms with Crippen molar-refractivity contribution in [1.82, 2.24) is 4.98 Å². The van der Waals surface area contributed by atoms with Gasteiger partial charge in [0.15, 0.2) is 0 Å². The molecule has 1 heterocycles. The second-order valence-electron chi connectivity index (χ2n) is 10.6. The Kier molecular flexibility index (Phi) is 5.14. The first-order valence-corrected chi connectivity index (χ1v) is 12.3. The van der Waals surface area contributed by atoms with Crippen LogP contribution >= 0.6 is 0 Å². The molecule has 3 heteroatoms. The normalized spacial score (nSPS) is 36.9. The Labute approximate surface area is 186 Å². The Morgan fingerprint density at radius 2 is 1.97 bits per heavy atom. The van der Waals surface area contributed by atoms with Crippen molar-refractivity contribution in [1.29, 1.82) is 0 Å². The van der Waals surface area contributed by atoms with E-state index in [2.05, 4.69) is 44.8 Å². The SMILES string of the molecule is CCOC1=CC2=C(CC)C[C@@H]3[C@H](CC[C@]4(C)C(c5cncc(F)c5)=CC[C@@H]34)[C@@]2(C)CC1. The van der Waals surface area contributed by atoms with E-state index >= 15 is 0 Å². The van der Waals surface area contributed by atoms with Crippen LogP contribution in [0.5, 0.6) is 0 Å². The second kappa shape index (κ2) is 7.60. The molecule has 0 spiro atoms. The van der Waals surface area contributed by atoms with Crippen LogP contribution in [0.4, 0.5) is 4.39 Å². The van der Waals surface area contributed by atoms with Crippen molar-refractivity contribution < 1.29 is 9.13 Å². The van der Waals surface area contributed by atoms with Crippen LogP contribution in [-0.2, 0) is 4.74 Å². The first-order chi connectivity index (χ1) is 14.9. The zero-order valence-corrected chi connectivity index (χ0v) is 19.5. The van der Waals surface area contributed by atoms with Crippen LogP contribution in [0.2, 0.25) is 0 Å². The maximum atomic E-state index is 13.9. The van der Waals surface area contributed by atoms with E-state index in [1.54, 1.807) is 17.2 Å². The molecule has 0 radical (unpaired) electrons. The maximum Gasteiger partial charge on any atom is 0.142 e. The maximum absolute atomic E-state index is 13.9. The van der Waals surface area contributed by atoms with E-state index in [-0.39, 0.29) is 16.6 Å². The smallest absolute Gasteiger partial charge is 0.142 e. The third-order valence-electron chi connectivity index (χ3n) is 9.28. The first-order valence-electron chi connectivity index (χ1n) is 12.3. The molecule has 2 nitrogen and oxygen atoms in total. The van der Waals surface area contributed by atoms with Gasteiger partial charge in [-0.3, -0.25) is 4.98 Å². The van der Waals surface area contributed by atoms with Crippen LogP contribution in [0.15, 0.2) is 47.5 Å². The largest absolute Gasteiger partial charge is 0.498 e. The summed E-state index contributed by atoms with van der Waals surface area (Å²) >= 11 is 0. The highest BCUT2D eigenvalue weighted by Gasteiger charge is 2.57. The quantitative estimate of drug-likeness (QED) is 0.502. The number of rotatable bonds is 4. The van der Waals surface area contributed by atoms with Crippen molar-refractivity contribution in [2.24, 2.45) is 28.6 Å². The van der Waals surface area contributed by atoms with Crippen molar-refractivity contribution in [3.8, 4) is 0 Å². The Bertz CT molecular complexity index is 975. The molecule has 5 atom stereocenters. The van der Waals surface area contributed by atoms with Gasteiger partial charge in [0.05, 0.1) is 18.6 Å². The molecule has 0 aromatic carbocycles. The molecular weight excluding hydrogens is 385 g/mol. The van der Waals surface area contributed by atoms with Crippen molar-refractivity contribution in [3.63, 3.8) is 0 Å². The van der Waals surface area contributed by atoms with Crippen molar-refractivity contribution >= 4 is 5.57 Å². The second-order valence-corrected chi connectivity index (χ2v) is 10.6. The fourth-order valence-electron chi connectivity index (χ4n) is 7.77. The van der Waals surface area contributed by atoms with Crippen molar-refractivity contribution in [2.45, 2.75) is 72.6 Å². The summed E-state index contributed by atoms with van der Waals surface area (Å²) < 4.78 is 19.9. The van der Waals surface area contributed by atoms with Gasteiger partial charge in [0.25, 0.3) is 0 Å². The van der Waals surface area contributed by atoms with E-state index in [4.69, 9.17) is 4.74 Å². The van der Waals surface area contributed by atoms with Crippen LogP contribution in [-0.4, -0.2) is 11.6 Å². The van der Waals surface area contributed by atoms with Gasteiger partial charge in [0, 0.05) is 12.6 Å². The van der Waals surface area contributed by atoms with Crippen LogP contribution in [0.3, 0.4) is 0 Å². The van der Waals surface area contributed by atoms with Crippen LogP contribution in [0, 0.1) is 34.4 Å². The summed E-state index contributed by atoms with van der Waals surface area (Å²) in [6.45, 7) is 10.1. The molecule has 5 rings (SSSR count). The molecule has 1 fully saturated rings. The zero-order chi connectivity index (χ0) is 21.8. The lowest BCUT2D eigenvalue weighted by atomic mass is 9.46. The molecule has 0 aliphatic heterocycles. The monoisotopic (exact) mass is 421 g/mol. The summed E-state index contributed by atoms with van der Waals surface area (Å²) in [4.78, 5) is 4.15. The van der Waals surface area contributed by atoms with E-state index in [0.717, 1.165) is 37.4 Å². The Morgan fingerprint density at radius 1 is 1.13 bits per heavy atom. The van der Waals surface area contributed by atoms with E-state index in [0.29, 0.717) is 11.8 Å². The minimum absolute atomic E-state index is 0.129. The molecule has 0 unspecified atom stereocenters. The number of pyridine rings is 1. The van der Waals surface area contributed by atoms with Gasteiger partial charge in [-0.2, -0.15) is 0 Å². The molecule has 1 saturated carbocycles. The Balaban J connectivity index is 1.51. The van der Waals surface area contributed by atoms with E-state index in [9.17, 15) is 4.39 Å². The van der Waals surface area contributed by atoms with E-state index < -0.39 is 0 Å². The van der Waals surface area contributed by atoms with E-state index in [1.807, 2.05) is 6.20 Å². The fourth-order valence-corrected chi connectivity index (χ4v) is 7.77. The summed E-state index contributed by atoms with van der Waals surface area (Å²) in [7, 11) is 0. The number of ether oxygens (including phenoxy) is 1. The van der Waals surface area contributed by atoms with Gasteiger partial charge in [0.1, 0.15) is 5.82 Å². The van der Waals surface area contributed by atoms with Crippen molar-refractivity contribution in [2.75, 3.05) is 6.61 Å². The lowest BCUT2D eigenvalue weighted by Crippen LogP contribution is -2.49. The van der Waals surface area contributed by atoms with Gasteiger partial charge < -0.3 is 4.74 Å². The predicted molar refractivity (Wildman–Crippen MR) is 124 cm³/mol. The summed E-state index contributed by atoms with van der Waals surface area (Å²) in [5.74, 6) is 3.03. The molecule has 31 heavy (non-hydrogen) atoms. The average Bonchev–Trinajstić information content (AvgIpc) is 3.11. The summed E-state index contributed by atoms with van der Waals surface area (Å²) in [5, 5.41) is 0. The van der Waals surface area contributed by atoms with Gasteiger partial charge in [-0.05, 0) is 103 Å². The van der Waals surface area contributed by atoms with Crippen LogP contribution in [0.25, 0.3) is 5.57 Å². The summed E-state index contributed by atoms with van der Waals surface area (Å²) in [5.41, 5.74) is 5.95. The van der Waals surface area contributed by atoms with Gasteiger partial charge in [-0.25, -0.2) is 4.39 Å². The highest BCUT2D eigenvalue weighted by Crippen LogP contribution is 2.67. The molecule has 4 aliphatic rings. The third kappa shape index (κ3) is 3.14. The lowest BCUT2D eigenvalue weighted by Gasteiger charge is -2.58. The minimum Gasteiger partial charge on any atom is -0.498 e.